The van der Waals surface area contributed by atoms with Gasteiger partial charge in [-0.2, -0.15) is 13.2 Å². The van der Waals surface area contributed by atoms with E-state index in [0.717, 1.165) is 6.07 Å². The van der Waals surface area contributed by atoms with E-state index >= 15 is 0 Å². The van der Waals surface area contributed by atoms with E-state index < -0.39 is 17.6 Å². The number of hydrogen-bond acceptors (Lipinski definition) is 2. The molecule has 21 heavy (non-hydrogen) atoms. The molecule has 2 N–H and O–H groups in total. The maximum atomic E-state index is 12.8. The van der Waals surface area contributed by atoms with E-state index in [1.165, 1.54) is 12.1 Å². The molecule has 0 saturated heterocycles. The summed E-state index contributed by atoms with van der Waals surface area (Å²) in [7, 11) is 0. The van der Waals surface area contributed by atoms with Crippen molar-refractivity contribution >= 4 is 21.8 Å². The molecule has 0 bridgehead atoms. The zero-order valence-corrected chi connectivity index (χ0v) is 13.3. The van der Waals surface area contributed by atoms with Gasteiger partial charge in [0.15, 0.2) is 0 Å². The maximum absolute atomic E-state index is 12.8. The molecule has 1 rings (SSSR count). The quantitative estimate of drug-likeness (QED) is 0.835. The molecule has 0 aromatic heterocycles. The number of nitrogens with one attached hydrogen (secondary N) is 1. The first-order valence-electron chi connectivity index (χ1n) is 6.32. The Morgan fingerprint density at radius 2 is 1.95 bits per heavy atom. The number of halogens is 4. The van der Waals surface area contributed by atoms with E-state index in [9.17, 15) is 18.0 Å². The Bertz CT molecular complexity index is 515. The van der Waals surface area contributed by atoms with Gasteiger partial charge in [0.2, 0.25) is 0 Å². The summed E-state index contributed by atoms with van der Waals surface area (Å²) in [4.78, 5) is 11.9. The summed E-state index contributed by atoms with van der Waals surface area (Å²) in [6.45, 7) is 3.96. The molecule has 0 saturated carbocycles. The number of rotatable bonds is 5. The number of benzene rings is 1. The van der Waals surface area contributed by atoms with E-state index in [0.29, 0.717) is 6.42 Å². The summed E-state index contributed by atoms with van der Waals surface area (Å²) >= 11 is 2.83. The largest absolute Gasteiger partial charge is 0.417 e. The number of carbonyl (C=O) groups excluding carboxylic acids is 1. The fourth-order valence-electron chi connectivity index (χ4n) is 1.70. The molecule has 7 heteroatoms. The SMILES string of the molecule is CC(C)(CCO)CNC(=O)c1ccc(Br)c(C(F)(F)F)c1. The van der Waals surface area contributed by atoms with Gasteiger partial charge in [0.05, 0.1) is 5.56 Å². The van der Waals surface area contributed by atoms with E-state index in [2.05, 4.69) is 21.2 Å². The molecule has 118 valence electrons. The lowest BCUT2D eigenvalue weighted by Gasteiger charge is -2.24. The van der Waals surface area contributed by atoms with Gasteiger partial charge in [-0.3, -0.25) is 4.79 Å². The normalized spacial score (nSPS) is 12.3. The molecule has 1 aromatic carbocycles. The number of amides is 1. The minimum atomic E-state index is -4.52. The van der Waals surface area contributed by atoms with Crippen LogP contribution in [0.2, 0.25) is 0 Å². The summed E-state index contributed by atoms with van der Waals surface area (Å²) < 4.78 is 38.2. The van der Waals surface area contributed by atoms with Crippen molar-refractivity contribution in [1.82, 2.24) is 5.32 Å². The first-order valence-corrected chi connectivity index (χ1v) is 7.12. The minimum Gasteiger partial charge on any atom is -0.396 e. The van der Waals surface area contributed by atoms with Crippen LogP contribution in [-0.2, 0) is 6.18 Å². The van der Waals surface area contributed by atoms with Crippen molar-refractivity contribution in [1.29, 1.82) is 0 Å². The molecule has 0 aliphatic heterocycles. The highest BCUT2D eigenvalue weighted by molar-refractivity contribution is 9.10. The summed E-state index contributed by atoms with van der Waals surface area (Å²) in [5, 5.41) is 11.5. The van der Waals surface area contributed by atoms with Gasteiger partial charge in [0, 0.05) is 23.2 Å². The van der Waals surface area contributed by atoms with Gasteiger partial charge in [-0.25, -0.2) is 0 Å². The predicted molar refractivity (Wildman–Crippen MR) is 77.0 cm³/mol. The molecule has 0 aliphatic carbocycles. The number of aliphatic hydroxyl groups is 1. The highest BCUT2D eigenvalue weighted by atomic mass is 79.9. The second-order valence-electron chi connectivity index (χ2n) is 5.51. The van der Waals surface area contributed by atoms with E-state index in [-0.39, 0.29) is 28.6 Å². The van der Waals surface area contributed by atoms with Crippen LogP contribution in [0.25, 0.3) is 0 Å². The number of hydrogen-bond donors (Lipinski definition) is 2. The Kier molecular flexibility index (Phi) is 5.81. The smallest absolute Gasteiger partial charge is 0.396 e. The van der Waals surface area contributed by atoms with Crippen LogP contribution in [0.15, 0.2) is 22.7 Å². The molecule has 0 atom stereocenters. The number of aliphatic hydroxyl groups excluding tert-OH is 1. The number of alkyl halides is 3. The molecule has 0 spiro atoms. The zero-order chi connectivity index (χ0) is 16.3. The molecule has 3 nitrogen and oxygen atoms in total. The molecule has 0 fully saturated rings. The standard InChI is InChI=1S/C14H17BrF3NO2/c1-13(2,5-6-20)8-19-12(21)9-3-4-11(15)10(7-9)14(16,17)18/h3-4,7,20H,5-6,8H2,1-2H3,(H,19,21). The maximum Gasteiger partial charge on any atom is 0.417 e. The second-order valence-corrected chi connectivity index (χ2v) is 6.37. The van der Waals surface area contributed by atoms with Crippen molar-refractivity contribution in [2.75, 3.05) is 13.2 Å². The summed E-state index contributed by atoms with van der Waals surface area (Å²) in [6, 6.07) is 3.35. The van der Waals surface area contributed by atoms with Gasteiger partial charge in [0.1, 0.15) is 0 Å². The van der Waals surface area contributed by atoms with Crippen molar-refractivity contribution in [2.45, 2.75) is 26.4 Å². The van der Waals surface area contributed by atoms with Gasteiger partial charge in [-0.05, 0) is 30.0 Å². The lowest BCUT2D eigenvalue weighted by atomic mass is 9.89. The zero-order valence-electron chi connectivity index (χ0n) is 11.7. The van der Waals surface area contributed by atoms with Crippen molar-refractivity contribution in [2.24, 2.45) is 5.41 Å². The van der Waals surface area contributed by atoms with Gasteiger partial charge in [-0.1, -0.05) is 29.8 Å². The van der Waals surface area contributed by atoms with Crippen LogP contribution in [0, 0.1) is 5.41 Å². The highest BCUT2D eigenvalue weighted by Crippen LogP contribution is 2.35. The van der Waals surface area contributed by atoms with Crippen molar-refractivity contribution in [3.05, 3.63) is 33.8 Å². The lowest BCUT2D eigenvalue weighted by molar-refractivity contribution is -0.138. The third kappa shape index (κ3) is 5.32. The Labute approximate surface area is 129 Å². The average Bonchev–Trinajstić information content (AvgIpc) is 2.35. The monoisotopic (exact) mass is 367 g/mol. The van der Waals surface area contributed by atoms with Crippen LogP contribution >= 0.6 is 15.9 Å². The van der Waals surface area contributed by atoms with Gasteiger partial charge in [-0.15, -0.1) is 0 Å². The fourth-order valence-corrected chi connectivity index (χ4v) is 2.17. The minimum absolute atomic E-state index is 0.0145. The van der Waals surface area contributed by atoms with Crippen LogP contribution in [-0.4, -0.2) is 24.2 Å². The van der Waals surface area contributed by atoms with Crippen molar-refractivity contribution in [3.63, 3.8) is 0 Å². The van der Waals surface area contributed by atoms with Crippen LogP contribution in [0.1, 0.15) is 36.2 Å². The van der Waals surface area contributed by atoms with Crippen molar-refractivity contribution in [3.8, 4) is 0 Å². The first-order chi connectivity index (χ1) is 9.57. The molecule has 0 unspecified atom stereocenters. The molecule has 1 aromatic rings. The third-order valence-corrected chi connectivity index (χ3v) is 3.74. The Hall–Kier alpha value is -1.08. The predicted octanol–water partition coefficient (Wildman–Crippen LogP) is 3.61. The highest BCUT2D eigenvalue weighted by Gasteiger charge is 2.33. The molecule has 0 radical (unpaired) electrons. The van der Waals surface area contributed by atoms with Gasteiger partial charge >= 0.3 is 6.18 Å². The van der Waals surface area contributed by atoms with Crippen LogP contribution in [0.3, 0.4) is 0 Å². The fraction of sp³-hybridized carbons (Fsp3) is 0.500. The van der Waals surface area contributed by atoms with Crippen LogP contribution < -0.4 is 5.32 Å². The third-order valence-electron chi connectivity index (χ3n) is 3.05. The first kappa shape index (κ1) is 18.0. The van der Waals surface area contributed by atoms with E-state index in [1.54, 1.807) is 0 Å². The Morgan fingerprint density at radius 3 is 2.48 bits per heavy atom. The lowest BCUT2D eigenvalue weighted by Crippen LogP contribution is -2.34. The Balaban J connectivity index is 2.85. The molecular formula is C14H17BrF3NO2. The topological polar surface area (TPSA) is 49.3 Å². The van der Waals surface area contributed by atoms with Crippen LogP contribution in [0.5, 0.6) is 0 Å². The summed E-state index contributed by atoms with van der Waals surface area (Å²) in [5.41, 5.74) is -1.26. The van der Waals surface area contributed by atoms with Gasteiger partial charge < -0.3 is 10.4 Å². The second kappa shape index (κ2) is 6.79. The summed E-state index contributed by atoms with van der Waals surface area (Å²) in [5.74, 6) is -0.570. The van der Waals surface area contributed by atoms with Crippen LogP contribution in [0.4, 0.5) is 13.2 Å². The molecular weight excluding hydrogens is 351 g/mol. The molecule has 0 aliphatic rings. The Morgan fingerprint density at radius 1 is 1.33 bits per heavy atom. The van der Waals surface area contributed by atoms with E-state index in [1.807, 2.05) is 13.8 Å². The average molecular weight is 368 g/mol. The van der Waals surface area contributed by atoms with Crippen molar-refractivity contribution < 1.29 is 23.1 Å². The molecule has 0 heterocycles. The van der Waals surface area contributed by atoms with Gasteiger partial charge in [0.25, 0.3) is 5.91 Å². The van der Waals surface area contributed by atoms with E-state index in [4.69, 9.17) is 5.11 Å². The number of carbonyl (C=O) groups is 1. The molecule has 1 amide bonds. The summed E-state index contributed by atoms with van der Waals surface area (Å²) in [6.07, 6.45) is -4.04.